The van der Waals surface area contributed by atoms with E-state index in [2.05, 4.69) is 29.5 Å². The van der Waals surface area contributed by atoms with Crippen LogP contribution in [0.15, 0.2) is 5.38 Å². The van der Waals surface area contributed by atoms with Gasteiger partial charge in [-0.1, -0.05) is 13.8 Å². The van der Waals surface area contributed by atoms with Crippen molar-refractivity contribution < 1.29 is 0 Å². The summed E-state index contributed by atoms with van der Waals surface area (Å²) >= 11 is 1.77. The SMILES string of the molecule is CCNC(CC)Cc1nc(C)cs1. The van der Waals surface area contributed by atoms with Crippen LogP contribution in [0.25, 0.3) is 0 Å². The topological polar surface area (TPSA) is 24.9 Å². The molecule has 1 heterocycles. The molecule has 0 radical (unpaired) electrons. The summed E-state index contributed by atoms with van der Waals surface area (Å²) in [6.45, 7) is 7.46. The molecule has 2 nitrogen and oxygen atoms in total. The van der Waals surface area contributed by atoms with E-state index in [0.29, 0.717) is 6.04 Å². The molecule has 0 aliphatic heterocycles. The summed E-state index contributed by atoms with van der Waals surface area (Å²) < 4.78 is 0. The smallest absolute Gasteiger partial charge is 0.0943 e. The van der Waals surface area contributed by atoms with Gasteiger partial charge in [-0.05, 0) is 19.9 Å². The Labute approximate surface area is 84.4 Å². The van der Waals surface area contributed by atoms with Crippen LogP contribution in [-0.2, 0) is 6.42 Å². The van der Waals surface area contributed by atoms with E-state index in [1.54, 1.807) is 11.3 Å². The van der Waals surface area contributed by atoms with E-state index in [4.69, 9.17) is 0 Å². The number of rotatable bonds is 5. The van der Waals surface area contributed by atoms with Crippen molar-refractivity contribution in [3.05, 3.63) is 16.1 Å². The summed E-state index contributed by atoms with van der Waals surface area (Å²) in [4.78, 5) is 4.46. The number of aromatic nitrogens is 1. The highest BCUT2D eigenvalue weighted by atomic mass is 32.1. The average molecular weight is 198 g/mol. The maximum Gasteiger partial charge on any atom is 0.0943 e. The van der Waals surface area contributed by atoms with Gasteiger partial charge in [0.15, 0.2) is 0 Å². The second-order valence-corrected chi connectivity index (χ2v) is 4.19. The Morgan fingerprint density at radius 2 is 2.31 bits per heavy atom. The number of hydrogen-bond acceptors (Lipinski definition) is 3. The Kier molecular flexibility index (Phi) is 4.39. The van der Waals surface area contributed by atoms with Crippen LogP contribution in [0.1, 0.15) is 31.0 Å². The molecule has 0 aliphatic carbocycles. The van der Waals surface area contributed by atoms with Gasteiger partial charge in [0.2, 0.25) is 0 Å². The molecule has 74 valence electrons. The molecule has 1 atom stereocenters. The third kappa shape index (κ3) is 3.44. The van der Waals surface area contributed by atoms with Gasteiger partial charge in [-0.2, -0.15) is 0 Å². The highest BCUT2D eigenvalue weighted by molar-refractivity contribution is 7.09. The van der Waals surface area contributed by atoms with Gasteiger partial charge in [-0.15, -0.1) is 11.3 Å². The lowest BCUT2D eigenvalue weighted by atomic mass is 10.1. The number of nitrogens with zero attached hydrogens (tertiary/aromatic N) is 1. The first-order valence-electron chi connectivity index (χ1n) is 4.90. The first-order valence-corrected chi connectivity index (χ1v) is 5.78. The molecule has 1 rings (SSSR count). The van der Waals surface area contributed by atoms with E-state index in [9.17, 15) is 0 Å². The molecule has 0 bridgehead atoms. The fourth-order valence-corrected chi connectivity index (χ4v) is 2.21. The second kappa shape index (κ2) is 5.35. The number of thiazole rings is 1. The van der Waals surface area contributed by atoms with Gasteiger partial charge < -0.3 is 5.32 Å². The van der Waals surface area contributed by atoms with Crippen LogP contribution >= 0.6 is 11.3 Å². The quantitative estimate of drug-likeness (QED) is 0.785. The molecule has 0 amide bonds. The molecule has 1 aromatic heterocycles. The fourth-order valence-electron chi connectivity index (χ4n) is 1.36. The highest BCUT2D eigenvalue weighted by Crippen LogP contribution is 2.11. The Balaban J connectivity index is 2.46. The predicted molar refractivity (Wildman–Crippen MR) is 58.3 cm³/mol. The normalized spacial score (nSPS) is 13.2. The van der Waals surface area contributed by atoms with Crippen molar-refractivity contribution in [2.24, 2.45) is 0 Å². The van der Waals surface area contributed by atoms with Gasteiger partial charge in [0.25, 0.3) is 0 Å². The summed E-state index contributed by atoms with van der Waals surface area (Å²) in [5, 5.41) is 6.83. The third-order valence-electron chi connectivity index (χ3n) is 2.07. The van der Waals surface area contributed by atoms with Crippen molar-refractivity contribution >= 4 is 11.3 Å². The van der Waals surface area contributed by atoms with Crippen molar-refractivity contribution in [3.8, 4) is 0 Å². The zero-order chi connectivity index (χ0) is 9.68. The fraction of sp³-hybridized carbons (Fsp3) is 0.700. The van der Waals surface area contributed by atoms with Gasteiger partial charge in [0, 0.05) is 23.5 Å². The highest BCUT2D eigenvalue weighted by Gasteiger charge is 2.07. The lowest BCUT2D eigenvalue weighted by molar-refractivity contribution is 0.509. The number of likely N-dealkylation sites (N-methyl/N-ethyl adjacent to an activating group) is 1. The van der Waals surface area contributed by atoms with E-state index >= 15 is 0 Å². The minimum absolute atomic E-state index is 0.593. The van der Waals surface area contributed by atoms with Crippen LogP contribution in [0, 0.1) is 6.92 Å². The van der Waals surface area contributed by atoms with E-state index in [1.165, 1.54) is 11.4 Å². The molecular formula is C10H18N2S. The number of hydrogen-bond donors (Lipinski definition) is 1. The molecule has 13 heavy (non-hydrogen) atoms. The summed E-state index contributed by atoms with van der Waals surface area (Å²) in [6, 6.07) is 0.593. The molecule has 1 aromatic rings. The Hall–Kier alpha value is -0.410. The van der Waals surface area contributed by atoms with Gasteiger partial charge >= 0.3 is 0 Å². The lowest BCUT2D eigenvalue weighted by Crippen LogP contribution is -2.30. The Morgan fingerprint density at radius 3 is 2.77 bits per heavy atom. The second-order valence-electron chi connectivity index (χ2n) is 3.25. The van der Waals surface area contributed by atoms with Gasteiger partial charge in [0.1, 0.15) is 0 Å². The monoisotopic (exact) mass is 198 g/mol. The number of nitrogens with one attached hydrogen (secondary N) is 1. The van der Waals surface area contributed by atoms with Crippen LogP contribution in [-0.4, -0.2) is 17.6 Å². The first-order chi connectivity index (χ1) is 6.26. The molecule has 3 heteroatoms. The summed E-state index contributed by atoms with van der Waals surface area (Å²) in [5.74, 6) is 0. The van der Waals surface area contributed by atoms with Gasteiger partial charge in [0.05, 0.1) is 5.01 Å². The molecule has 0 aromatic carbocycles. The average Bonchev–Trinajstić information content (AvgIpc) is 2.50. The molecule has 1 unspecified atom stereocenters. The van der Waals surface area contributed by atoms with Crippen molar-refractivity contribution in [1.29, 1.82) is 0 Å². The lowest BCUT2D eigenvalue weighted by Gasteiger charge is -2.13. The van der Waals surface area contributed by atoms with E-state index in [0.717, 1.165) is 18.7 Å². The molecule has 0 saturated heterocycles. The molecule has 0 saturated carbocycles. The van der Waals surface area contributed by atoms with E-state index in [1.807, 2.05) is 6.92 Å². The van der Waals surface area contributed by atoms with Crippen LogP contribution in [0.2, 0.25) is 0 Å². The van der Waals surface area contributed by atoms with Crippen molar-refractivity contribution in [2.75, 3.05) is 6.54 Å². The molecule has 1 N–H and O–H groups in total. The van der Waals surface area contributed by atoms with Crippen LogP contribution in [0.4, 0.5) is 0 Å². The van der Waals surface area contributed by atoms with E-state index in [-0.39, 0.29) is 0 Å². The summed E-state index contributed by atoms with van der Waals surface area (Å²) in [5.41, 5.74) is 1.14. The largest absolute Gasteiger partial charge is 0.314 e. The van der Waals surface area contributed by atoms with E-state index < -0.39 is 0 Å². The standard InChI is InChI=1S/C10H18N2S/c1-4-9(11-5-2)6-10-12-8(3)7-13-10/h7,9,11H,4-6H2,1-3H3. The molecule has 0 fully saturated rings. The zero-order valence-electron chi connectivity index (χ0n) is 8.63. The molecule has 0 aliphatic rings. The van der Waals surface area contributed by atoms with Crippen molar-refractivity contribution in [1.82, 2.24) is 10.3 Å². The van der Waals surface area contributed by atoms with Gasteiger partial charge in [-0.3, -0.25) is 0 Å². The van der Waals surface area contributed by atoms with Crippen molar-refractivity contribution in [2.45, 2.75) is 39.7 Å². The minimum atomic E-state index is 0.593. The predicted octanol–water partition coefficient (Wildman–Crippen LogP) is 2.38. The van der Waals surface area contributed by atoms with Gasteiger partial charge in [-0.25, -0.2) is 4.98 Å². The molecule has 0 spiro atoms. The Morgan fingerprint density at radius 1 is 1.54 bits per heavy atom. The van der Waals surface area contributed by atoms with Crippen LogP contribution in [0.3, 0.4) is 0 Å². The maximum absolute atomic E-state index is 4.46. The summed E-state index contributed by atoms with van der Waals surface area (Å²) in [6.07, 6.45) is 2.25. The minimum Gasteiger partial charge on any atom is -0.314 e. The summed E-state index contributed by atoms with van der Waals surface area (Å²) in [7, 11) is 0. The maximum atomic E-state index is 4.46. The van der Waals surface area contributed by atoms with Crippen molar-refractivity contribution in [3.63, 3.8) is 0 Å². The first kappa shape index (κ1) is 10.7. The molecular weight excluding hydrogens is 180 g/mol. The van der Waals surface area contributed by atoms with Crippen LogP contribution < -0.4 is 5.32 Å². The Bertz CT molecular complexity index is 245. The zero-order valence-corrected chi connectivity index (χ0v) is 9.45. The number of aryl methyl sites for hydroxylation is 1. The van der Waals surface area contributed by atoms with Crippen LogP contribution in [0.5, 0.6) is 0 Å². The third-order valence-corrected chi connectivity index (χ3v) is 3.06.